The molecule has 1 unspecified atom stereocenters. The van der Waals surface area contributed by atoms with E-state index in [0.29, 0.717) is 18.7 Å². The molecule has 0 amide bonds. The van der Waals surface area contributed by atoms with Crippen molar-refractivity contribution in [2.24, 2.45) is 0 Å². The molecule has 5 heteroatoms. The zero-order valence-corrected chi connectivity index (χ0v) is 10.2. The molecule has 0 saturated carbocycles. The van der Waals surface area contributed by atoms with Crippen LogP contribution in [0.5, 0.6) is 0 Å². The maximum Gasteiger partial charge on any atom is 0.151 e. The summed E-state index contributed by atoms with van der Waals surface area (Å²) in [5.74, 6) is 2.41. The summed E-state index contributed by atoms with van der Waals surface area (Å²) in [6, 6.07) is 3.98. The topological polar surface area (TPSA) is 59.3 Å². The van der Waals surface area contributed by atoms with E-state index in [0.717, 1.165) is 17.9 Å². The minimum absolute atomic E-state index is 0.0835. The Bertz CT molecular complexity index is 450. The molecule has 0 spiro atoms. The molecule has 1 aliphatic rings. The van der Waals surface area contributed by atoms with Crippen molar-refractivity contribution in [2.75, 3.05) is 11.5 Å². The molecular formula is C11H17NO3S. The van der Waals surface area contributed by atoms with Crippen molar-refractivity contribution in [1.29, 1.82) is 0 Å². The van der Waals surface area contributed by atoms with E-state index < -0.39 is 9.84 Å². The summed E-state index contributed by atoms with van der Waals surface area (Å²) in [4.78, 5) is 0. The van der Waals surface area contributed by atoms with Gasteiger partial charge >= 0.3 is 0 Å². The van der Waals surface area contributed by atoms with Gasteiger partial charge in [-0.3, -0.25) is 0 Å². The predicted molar refractivity (Wildman–Crippen MR) is 62.0 cm³/mol. The second-order valence-corrected chi connectivity index (χ2v) is 6.43. The summed E-state index contributed by atoms with van der Waals surface area (Å²) >= 11 is 0. The molecular weight excluding hydrogens is 226 g/mol. The minimum atomic E-state index is -2.79. The number of aryl methyl sites for hydroxylation is 1. The Balaban J connectivity index is 1.84. The van der Waals surface area contributed by atoms with Crippen LogP contribution in [0.1, 0.15) is 24.9 Å². The first-order chi connectivity index (χ1) is 7.59. The lowest BCUT2D eigenvalue weighted by atomic mass is 10.2. The summed E-state index contributed by atoms with van der Waals surface area (Å²) in [5, 5.41) is 3.22. The standard InChI is InChI=1S/C11H17NO3S/c1-2-10-3-4-11(15-10)7-12-9-5-6-16(13,14)8-9/h3-4,9,12H,2,5-8H2,1H3. The van der Waals surface area contributed by atoms with Crippen molar-refractivity contribution in [3.63, 3.8) is 0 Å². The number of hydrogen-bond donors (Lipinski definition) is 1. The molecule has 0 radical (unpaired) electrons. The van der Waals surface area contributed by atoms with Crippen LogP contribution in [-0.4, -0.2) is 26.0 Å². The van der Waals surface area contributed by atoms with Crippen LogP contribution in [0.4, 0.5) is 0 Å². The molecule has 1 aliphatic heterocycles. The minimum Gasteiger partial charge on any atom is -0.465 e. The Morgan fingerprint density at radius 2 is 2.19 bits per heavy atom. The van der Waals surface area contributed by atoms with E-state index in [9.17, 15) is 8.42 Å². The fourth-order valence-corrected chi connectivity index (χ4v) is 3.62. The summed E-state index contributed by atoms with van der Waals surface area (Å²) in [6.07, 6.45) is 1.60. The second-order valence-electron chi connectivity index (χ2n) is 4.20. The van der Waals surface area contributed by atoms with Crippen LogP contribution in [0, 0.1) is 0 Å². The molecule has 2 rings (SSSR count). The van der Waals surface area contributed by atoms with Gasteiger partial charge in [-0.15, -0.1) is 0 Å². The van der Waals surface area contributed by atoms with Crippen LogP contribution in [-0.2, 0) is 22.8 Å². The molecule has 1 aromatic rings. The first-order valence-corrected chi connectivity index (χ1v) is 7.42. The molecule has 1 aromatic heterocycles. The first-order valence-electron chi connectivity index (χ1n) is 5.60. The van der Waals surface area contributed by atoms with Gasteiger partial charge in [0.2, 0.25) is 0 Å². The summed E-state index contributed by atoms with van der Waals surface area (Å²) < 4.78 is 28.0. The number of sulfone groups is 1. The summed E-state index contributed by atoms with van der Waals surface area (Å²) in [6.45, 7) is 2.65. The number of furan rings is 1. The van der Waals surface area contributed by atoms with Gasteiger partial charge in [0.1, 0.15) is 11.5 Å². The fourth-order valence-electron chi connectivity index (χ4n) is 1.91. The second kappa shape index (κ2) is 4.59. The molecule has 2 heterocycles. The van der Waals surface area contributed by atoms with E-state index in [1.165, 1.54) is 0 Å². The largest absolute Gasteiger partial charge is 0.465 e. The van der Waals surface area contributed by atoms with Crippen LogP contribution in [0.2, 0.25) is 0 Å². The zero-order chi connectivity index (χ0) is 11.6. The normalized spacial score (nSPS) is 23.7. The highest BCUT2D eigenvalue weighted by atomic mass is 32.2. The van der Waals surface area contributed by atoms with Crippen LogP contribution in [0.15, 0.2) is 16.5 Å². The molecule has 90 valence electrons. The third-order valence-electron chi connectivity index (χ3n) is 2.86. The van der Waals surface area contributed by atoms with Gasteiger partial charge in [-0.05, 0) is 18.6 Å². The van der Waals surface area contributed by atoms with Crippen molar-refractivity contribution in [3.05, 3.63) is 23.7 Å². The van der Waals surface area contributed by atoms with Gasteiger partial charge in [0.15, 0.2) is 9.84 Å². The monoisotopic (exact) mass is 243 g/mol. The molecule has 0 bridgehead atoms. The van der Waals surface area contributed by atoms with E-state index in [-0.39, 0.29) is 11.8 Å². The molecule has 1 fully saturated rings. The Morgan fingerprint density at radius 3 is 2.75 bits per heavy atom. The molecule has 1 N–H and O–H groups in total. The lowest BCUT2D eigenvalue weighted by molar-refractivity contribution is 0.433. The van der Waals surface area contributed by atoms with Crippen LogP contribution >= 0.6 is 0 Å². The molecule has 0 aliphatic carbocycles. The van der Waals surface area contributed by atoms with Crippen molar-refractivity contribution in [1.82, 2.24) is 5.32 Å². The molecule has 1 saturated heterocycles. The predicted octanol–water partition coefficient (Wildman–Crippen LogP) is 1.12. The van der Waals surface area contributed by atoms with Gasteiger partial charge < -0.3 is 9.73 Å². The van der Waals surface area contributed by atoms with Crippen molar-refractivity contribution < 1.29 is 12.8 Å². The highest BCUT2D eigenvalue weighted by molar-refractivity contribution is 7.91. The van der Waals surface area contributed by atoms with Gasteiger partial charge in [0.25, 0.3) is 0 Å². The average Bonchev–Trinajstić information content (AvgIpc) is 2.81. The van der Waals surface area contributed by atoms with Gasteiger partial charge in [-0.25, -0.2) is 8.42 Å². The van der Waals surface area contributed by atoms with E-state index in [2.05, 4.69) is 5.32 Å². The van der Waals surface area contributed by atoms with Crippen molar-refractivity contribution in [3.8, 4) is 0 Å². The summed E-state index contributed by atoms with van der Waals surface area (Å²) in [7, 11) is -2.79. The third-order valence-corrected chi connectivity index (χ3v) is 4.63. The quantitative estimate of drug-likeness (QED) is 0.861. The van der Waals surface area contributed by atoms with Crippen molar-refractivity contribution in [2.45, 2.75) is 32.4 Å². The highest BCUT2D eigenvalue weighted by Gasteiger charge is 2.27. The Hall–Kier alpha value is -0.810. The van der Waals surface area contributed by atoms with E-state index in [1.54, 1.807) is 0 Å². The van der Waals surface area contributed by atoms with E-state index in [1.807, 2.05) is 19.1 Å². The van der Waals surface area contributed by atoms with E-state index >= 15 is 0 Å². The van der Waals surface area contributed by atoms with Gasteiger partial charge in [0.05, 0.1) is 18.1 Å². The highest BCUT2D eigenvalue weighted by Crippen LogP contribution is 2.13. The zero-order valence-electron chi connectivity index (χ0n) is 9.40. The first kappa shape index (κ1) is 11.7. The molecule has 0 aromatic carbocycles. The van der Waals surface area contributed by atoms with Crippen LogP contribution in [0.3, 0.4) is 0 Å². The van der Waals surface area contributed by atoms with Crippen molar-refractivity contribution >= 4 is 9.84 Å². The Kier molecular flexibility index (Phi) is 3.35. The Morgan fingerprint density at radius 1 is 1.44 bits per heavy atom. The maximum absolute atomic E-state index is 11.2. The lowest BCUT2D eigenvalue weighted by Crippen LogP contribution is -2.29. The van der Waals surface area contributed by atoms with Gasteiger partial charge in [0, 0.05) is 12.5 Å². The Labute approximate surface area is 95.9 Å². The summed E-state index contributed by atoms with van der Waals surface area (Å²) in [5.41, 5.74) is 0. The smallest absolute Gasteiger partial charge is 0.151 e. The SMILES string of the molecule is CCc1ccc(CNC2CCS(=O)(=O)C2)o1. The average molecular weight is 243 g/mol. The number of nitrogens with one attached hydrogen (secondary N) is 1. The van der Waals surface area contributed by atoms with Crippen LogP contribution < -0.4 is 5.32 Å². The van der Waals surface area contributed by atoms with E-state index in [4.69, 9.17) is 4.42 Å². The molecule has 16 heavy (non-hydrogen) atoms. The van der Waals surface area contributed by atoms with Gasteiger partial charge in [-0.1, -0.05) is 6.92 Å². The third kappa shape index (κ3) is 2.86. The molecule has 4 nitrogen and oxygen atoms in total. The number of rotatable bonds is 4. The van der Waals surface area contributed by atoms with Gasteiger partial charge in [-0.2, -0.15) is 0 Å². The lowest BCUT2D eigenvalue weighted by Gasteiger charge is -2.08. The number of hydrogen-bond acceptors (Lipinski definition) is 4. The maximum atomic E-state index is 11.2. The fraction of sp³-hybridized carbons (Fsp3) is 0.636. The molecule has 1 atom stereocenters. The van der Waals surface area contributed by atoms with Crippen LogP contribution in [0.25, 0.3) is 0 Å².